The van der Waals surface area contributed by atoms with Gasteiger partial charge in [0.15, 0.2) is 0 Å². The zero-order valence-corrected chi connectivity index (χ0v) is 18.7. The van der Waals surface area contributed by atoms with Crippen LogP contribution in [0.1, 0.15) is 25.7 Å². The minimum atomic E-state index is 0.688. The van der Waals surface area contributed by atoms with Crippen molar-refractivity contribution in [2.45, 2.75) is 36.2 Å². The van der Waals surface area contributed by atoms with E-state index in [2.05, 4.69) is 85.8 Å². The molecule has 0 amide bonds. The minimum absolute atomic E-state index is 0.688. The van der Waals surface area contributed by atoms with Gasteiger partial charge < -0.3 is 0 Å². The van der Waals surface area contributed by atoms with Crippen molar-refractivity contribution in [3.05, 3.63) is 0 Å². The second kappa shape index (κ2) is 18.8. The molecule has 0 fully saturated rings. The first-order valence-electron chi connectivity index (χ1n) is 7.52. The molecule has 0 aromatic carbocycles. The average molecular weight is 423 g/mol. The van der Waals surface area contributed by atoms with E-state index in [1.54, 1.807) is 0 Å². The van der Waals surface area contributed by atoms with Crippen LogP contribution in [0.3, 0.4) is 0 Å². The molecule has 0 nitrogen and oxygen atoms in total. The van der Waals surface area contributed by atoms with E-state index in [1.807, 2.05) is 0 Å². The molecule has 21 heavy (non-hydrogen) atoms. The van der Waals surface area contributed by atoms with E-state index >= 15 is 0 Å². The largest absolute Gasteiger partial charge is 0.179 e. The number of hydrogen-bond acceptors (Lipinski definition) is 7. The van der Waals surface area contributed by atoms with Crippen molar-refractivity contribution >= 4 is 85.8 Å². The number of hydrogen-bond donors (Lipinski definition) is 4. The number of unbranched alkanes of at least 4 members (excludes halogenated alkanes) is 2. The maximum absolute atomic E-state index is 4.49. The summed E-state index contributed by atoms with van der Waals surface area (Å²) in [6, 6.07) is 0. The number of rotatable bonds is 16. The Labute approximate surface area is 166 Å². The molecule has 0 aliphatic heterocycles. The Morgan fingerprint density at radius 3 is 1.38 bits per heavy atom. The smallest absolute Gasteiger partial charge is 0.0226 e. The Morgan fingerprint density at radius 1 is 0.619 bits per heavy atom. The summed E-state index contributed by atoms with van der Waals surface area (Å²) < 4.78 is 0. The highest BCUT2D eigenvalue weighted by molar-refractivity contribution is 8.05. The second-order valence-electron chi connectivity index (χ2n) is 4.75. The van der Waals surface area contributed by atoms with Crippen LogP contribution in [0.15, 0.2) is 0 Å². The molecule has 7 heteroatoms. The Morgan fingerprint density at radius 2 is 1.05 bits per heavy atom. The first-order chi connectivity index (χ1) is 10.3. The molecule has 2 atom stereocenters. The molecule has 0 saturated heterocycles. The lowest BCUT2D eigenvalue weighted by Gasteiger charge is -2.17. The van der Waals surface area contributed by atoms with Crippen molar-refractivity contribution in [3.8, 4) is 0 Å². The van der Waals surface area contributed by atoms with Crippen LogP contribution < -0.4 is 0 Å². The van der Waals surface area contributed by atoms with Gasteiger partial charge >= 0.3 is 0 Å². The van der Waals surface area contributed by atoms with Crippen LogP contribution in [0.4, 0.5) is 0 Å². The molecule has 0 spiro atoms. The van der Waals surface area contributed by atoms with Crippen molar-refractivity contribution < 1.29 is 0 Å². The Hall–Kier alpha value is 2.45. The highest BCUT2D eigenvalue weighted by Gasteiger charge is 2.11. The summed E-state index contributed by atoms with van der Waals surface area (Å²) in [7, 11) is 0. The van der Waals surface area contributed by atoms with E-state index in [-0.39, 0.29) is 0 Å². The third-order valence-corrected chi connectivity index (χ3v) is 9.19. The molecule has 0 heterocycles. The third kappa shape index (κ3) is 15.7. The van der Waals surface area contributed by atoms with E-state index in [0.717, 1.165) is 23.0 Å². The van der Waals surface area contributed by atoms with Crippen LogP contribution in [-0.4, -0.2) is 56.5 Å². The quantitative estimate of drug-likeness (QED) is 0.199. The van der Waals surface area contributed by atoms with Gasteiger partial charge in [0, 0.05) is 33.5 Å². The van der Waals surface area contributed by atoms with Gasteiger partial charge in [0.2, 0.25) is 0 Å². The van der Waals surface area contributed by atoms with Crippen LogP contribution in [0.5, 0.6) is 0 Å². The van der Waals surface area contributed by atoms with Gasteiger partial charge in [-0.2, -0.15) is 85.8 Å². The van der Waals surface area contributed by atoms with Gasteiger partial charge in [-0.15, -0.1) is 0 Å². The van der Waals surface area contributed by atoms with Crippen molar-refractivity contribution in [1.29, 1.82) is 0 Å². The molecule has 0 aliphatic rings. The zero-order chi connectivity index (χ0) is 15.8. The Kier molecular flexibility index (Phi) is 21.0. The van der Waals surface area contributed by atoms with Gasteiger partial charge in [-0.3, -0.25) is 0 Å². The standard InChI is InChI=1S/C14H30S7/c15-5-1-3-7-20-13(9-17)11-19-12-14(10-18)21-8-4-2-6-16/h13-18H,1-12H2. The van der Waals surface area contributed by atoms with Crippen molar-refractivity contribution in [1.82, 2.24) is 0 Å². The van der Waals surface area contributed by atoms with E-state index in [1.165, 1.54) is 48.7 Å². The first-order valence-corrected chi connectivity index (χ1v) is 13.3. The summed E-state index contributed by atoms with van der Waals surface area (Å²) in [6.07, 6.45) is 5.02. The second-order valence-corrected chi connectivity index (χ2v) is 10.3. The van der Waals surface area contributed by atoms with Crippen LogP contribution in [0.25, 0.3) is 0 Å². The van der Waals surface area contributed by atoms with Gasteiger partial charge in [-0.05, 0) is 48.7 Å². The minimum Gasteiger partial charge on any atom is -0.179 e. The van der Waals surface area contributed by atoms with E-state index < -0.39 is 0 Å². The van der Waals surface area contributed by atoms with Crippen molar-refractivity contribution in [2.75, 3.05) is 46.0 Å². The van der Waals surface area contributed by atoms with E-state index in [9.17, 15) is 0 Å². The normalized spacial score (nSPS) is 14.3. The molecule has 2 unspecified atom stereocenters. The molecule has 0 saturated carbocycles. The fourth-order valence-corrected chi connectivity index (χ4v) is 7.12. The molecule has 0 aliphatic carbocycles. The lowest BCUT2D eigenvalue weighted by molar-refractivity contribution is 0.906. The van der Waals surface area contributed by atoms with Crippen molar-refractivity contribution in [2.24, 2.45) is 0 Å². The number of thioether (sulfide) groups is 3. The van der Waals surface area contributed by atoms with Crippen LogP contribution in [0, 0.1) is 0 Å². The summed E-state index contributed by atoms with van der Waals surface area (Å²) in [4.78, 5) is 0. The highest BCUT2D eigenvalue weighted by Crippen LogP contribution is 2.24. The monoisotopic (exact) mass is 422 g/mol. The lowest BCUT2D eigenvalue weighted by atomic mass is 10.4. The average Bonchev–Trinajstić information content (AvgIpc) is 2.51. The fourth-order valence-electron chi connectivity index (χ4n) is 1.57. The van der Waals surface area contributed by atoms with Gasteiger partial charge in [0.05, 0.1) is 0 Å². The summed E-state index contributed by atoms with van der Waals surface area (Å²) in [5.74, 6) is 8.93. The Bertz CT molecular complexity index is 184. The molecule has 0 bridgehead atoms. The molecule has 0 aromatic rings. The molecule has 0 N–H and O–H groups in total. The van der Waals surface area contributed by atoms with E-state index in [4.69, 9.17) is 0 Å². The van der Waals surface area contributed by atoms with Gasteiger partial charge in [0.25, 0.3) is 0 Å². The molecule has 0 rings (SSSR count). The van der Waals surface area contributed by atoms with Gasteiger partial charge in [-0.1, -0.05) is 0 Å². The molecular formula is C14H30S7. The third-order valence-electron chi connectivity index (χ3n) is 2.83. The predicted molar refractivity (Wildman–Crippen MR) is 124 cm³/mol. The van der Waals surface area contributed by atoms with Crippen LogP contribution >= 0.6 is 85.8 Å². The zero-order valence-electron chi connectivity index (χ0n) is 12.7. The molecule has 128 valence electrons. The van der Waals surface area contributed by atoms with Crippen LogP contribution in [-0.2, 0) is 0 Å². The van der Waals surface area contributed by atoms with Gasteiger partial charge in [0.1, 0.15) is 0 Å². The molecule has 0 aromatic heterocycles. The van der Waals surface area contributed by atoms with Crippen molar-refractivity contribution in [3.63, 3.8) is 0 Å². The summed E-state index contributed by atoms with van der Waals surface area (Å²) in [5.41, 5.74) is 0. The Balaban J connectivity index is 3.64. The summed E-state index contributed by atoms with van der Waals surface area (Å²) in [6.45, 7) is 0. The van der Waals surface area contributed by atoms with Crippen LogP contribution in [0.2, 0.25) is 0 Å². The fraction of sp³-hybridized carbons (Fsp3) is 1.00. The topological polar surface area (TPSA) is 0 Å². The summed E-state index contributed by atoms with van der Waals surface area (Å²) in [5, 5.41) is 1.38. The molecular weight excluding hydrogens is 393 g/mol. The predicted octanol–water partition coefficient (Wildman–Crippen LogP) is 5.20. The highest BCUT2D eigenvalue weighted by atomic mass is 32.2. The first kappa shape index (κ1) is 23.4. The van der Waals surface area contributed by atoms with E-state index in [0.29, 0.717) is 10.5 Å². The maximum Gasteiger partial charge on any atom is 0.0226 e. The maximum atomic E-state index is 4.49. The van der Waals surface area contributed by atoms with Gasteiger partial charge in [-0.25, -0.2) is 0 Å². The lowest BCUT2D eigenvalue weighted by Crippen LogP contribution is -2.14. The molecule has 0 radical (unpaired) electrons. The number of thiol groups is 4. The summed E-state index contributed by atoms with van der Waals surface area (Å²) >= 11 is 23.7. The SMILES string of the molecule is SCCCCSC(CS)CSCC(CS)SCCCCS.